The van der Waals surface area contributed by atoms with Crippen LogP contribution in [0.3, 0.4) is 0 Å². The molecule has 0 spiro atoms. The van der Waals surface area contributed by atoms with Crippen molar-refractivity contribution in [3.8, 4) is 5.75 Å². The molecule has 3 rings (SSSR count). The van der Waals surface area contributed by atoms with E-state index in [0.717, 1.165) is 11.1 Å². The Morgan fingerprint density at radius 2 is 1.56 bits per heavy atom. The molecule has 1 fully saturated rings. The van der Waals surface area contributed by atoms with E-state index in [1.54, 1.807) is 38.3 Å². The molecule has 2 aromatic carbocycles. The van der Waals surface area contributed by atoms with E-state index in [1.807, 2.05) is 30.3 Å². The van der Waals surface area contributed by atoms with Crippen LogP contribution in [0.5, 0.6) is 5.75 Å². The standard InChI is InChI=1S/C25H31N3O6/c1-25(15-34-25)22(30)20(12-16-6-4-3-5-7-16)27-24(32)21(28-23(31)19(26)14-29)13-17-8-10-18(33-2)11-9-17/h3-11,19-21,29H,12-15,26H2,1-2H3,(H,27,32)(H,28,31)/t19-,20-,21-,25+/m0/s1. The lowest BCUT2D eigenvalue weighted by Crippen LogP contribution is -2.57. The molecule has 5 N–H and O–H groups in total. The summed E-state index contributed by atoms with van der Waals surface area (Å²) in [5.74, 6) is -0.777. The second-order valence-electron chi connectivity index (χ2n) is 8.54. The number of carbonyl (C=O) groups is 3. The molecule has 4 atom stereocenters. The van der Waals surface area contributed by atoms with Gasteiger partial charge in [-0.1, -0.05) is 42.5 Å². The Bertz CT molecular complexity index is 991. The number of aliphatic hydroxyl groups is 1. The fourth-order valence-corrected chi connectivity index (χ4v) is 3.52. The van der Waals surface area contributed by atoms with E-state index in [2.05, 4.69) is 10.6 Å². The molecular weight excluding hydrogens is 438 g/mol. The normalized spacial score (nSPS) is 19.4. The van der Waals surface area contributed by atoms with Gasteiger partial charge in [-0.25, -0.2) is 0 Å². The summed E-state index contributed by atoms with van der Waals surface area (Å²) >= 11 is 0. The first-order chi connectivity index (χ1) is 16.3. The molecule has 0 aromatic heterocycles. The number of nitrogens with two attached hydrogens (primary N) is 1. The lowest BCUT2D eigenvalue weighted by molar-refractivity contribution is -0.133. The van der Waals surface area contributed by atoms with Gasteiger partial charge in [0.25, 0.3) is 0 Å². The first-order valence-corrected chi connectivity index (χ1v) is 11.1. The lowest BCUT2D eigenvalue weighted by atomic mass is 9.94. The van der Waals surface area contributed by atoms with Crippen LogP contribution in [0, 0.1) is 0 Å². The third kappa shape index (κ3) is 6.63. The maximum absolute atomic E-state index is 13.3. The molecule has 0 saturated carbocycles. The Hall–Kier alpha value is -3.27. The van der Waals surface area contributed by atoms with Gasteiger partial charge in [-0.15, -0.1) is 0 Å². The van der Waals surface area contributed by atoms with E-state index in [-0.39, 0.29) is 18.6 Å². The summed E-state index contributed by atoms with van der Waals surface area (Å²) in [7, 11) is 1.55. The van der Waals surface area contributed by atoms with E-state index < -0.39 is 42.1 Å². The Morgan fingerprint density at radius 3 is 2.12 bits per heavy atom. The molecule has 1 aliphatic rings. The molecule has 9 nitrogen and oxygen atoms in total. The summed E-state index contributed by atoms with van der Waals surface area (Å²) in [6, 6.07) is 13.4. The maximum Gasteiger partial charge on any atom is 0.243 e. The van der Waals surface area contributed by atoms with Gasteiger partial charge >= 0.3 is 0 Å². The third-order valence-electron chi connectivity index (χ3n) is 5.78. The van der Waals surface area contributed by atoms with Crippen LogP contribution in [0.25, 0.3) is 0 Å². The molecule has 0 unspecified atom stereocenters. The van der Waals surface area contributed by atoms with E-state index in [0.29, 0.717) is 12.4 Å². The zero-order valence-corrected chi connectivity index (χ0v) is 19.3. The zero-order chi connectivity index (χ0) is 24.7. The number of epoxide rings is 1. The van der Waals surface area contributed by atoms with Crippen molar-refractivity contribution in [2.75, 3.05) is 20.3 Å². The second-order valence-corrected chi connectivity index (χ2v) is 8.54. The van der Waals surface area contributed by atoms with Crippen LogP contribution < -0.4 is 21.1 Å². The molecule has 2 amide bonds. The smallest absolute Gasteiger partial charge is 0.243 e. The lowest BCUT2D eigenvalue weighted by Gasteiger charge is -2.25. The quantitative estimate of drug-likeness (QED) is 0.324. The highest BCUT2D eigenvalue weighted by Crippen LogP contribution is 2.29. The predicted octanol–water partition coefficient (Wildman–Crippen LogP) is 0.128. The molecule has 0 aliphatic carbocycles. The van der Waals surface area contributed by atoms with Crippen molar-refractivity contribution in [2.24, 2.45) is 5.73 Å². The number of methoxy groups -OCH3 is 1. The number of hydrogen-bond donors (Lipinski definition) is 4. The molecule has 1 heterocycles. The number of carbonyl (C=O) groups excluding carboxylic acids is 3. The molecule has 1 saturated heterocycles. The van der Waals surface area contributed by atoms with Crippen molar-refractivity contribution >= 4 is 17.6 Å². The predicted molar refractivity (Wildman–Crippen MR) is 125 cm³/mol. The summed E-state index contributed by atoms with van der Waals surface area (Å²) < 4.78 is 10.5. The largest absolute Gasteiger partial charge is 0.497 e. The Morgan fingerprint density at radius 1 is 1.00 bits per heavy atom. The molecular formula is C25H31N3O6. The molecule has 0 radical (unpaired) electrons. The van der Waals surface area contributed by atoms with Crippen LogP contribution in [0.1, 0.15) is 18.1 Å². The number of hydrogen-bond acceptors (Lipinski definition) is 7. The number of aliphatic hydroxyl groups excluding tert-OH is 1. The first kappa shape index (κ1) is 25.4. The van der Waals surface area contributed by atoms with Crippen LogP contribution in [-0.4, -0.2) is 66.8 Å². The van der Waals surface area contributed by atoms with E-state index in [1.165, 1.54) is 0 Å². The third-order valence-corrected chi connectivity index (χ3v) is 5.78. The van der Waals surface area contributed by atoms with Gasteiger partial charge in [-0.3, -0.25) is 14.4 Å². The van der Waals surface area contributed by atoms with Crippen molar-refractivity contribution < 1.29 is 29.0 Å². The highest BCUT2D eigenvalue weighted by Gasteiger charge is 2.50. The Labute approximate surface area is 198 Å². The minimum absolute atomic E-state index is 0.153. The van der Waals surface area contributed by atoms with Crippen LogP contribution in [0.15, 0.2) is 54.6 Å². The van der Waals surface area contributed by atoms with Gasteiger partial charge in [0.2, 0.25) is 11.8 Å². The van der Waals surface area contributed by atoms with Crippen LogP contribution in [0.4, 0.5) is 0 Å². The average Bonchev–Trinajstić information content (AvgIpc) is 3.61. The topological polar surface area (TPSA) is 143 Å². The number of ether oxygens (including phenoxy) is 2. The number of benzene rings is 2. The monoisotopic (exact) mass is 469 g/mol. The van der Waals surface area contributed by atoms with Crippen molar-refractivity contribution in [1.29, 1.82) is 0 Å². The molecule has 9 heteroatoms. The van der Waals surface area contributed by atoms with E-state index >= 15 is 0 Å². The minimum atomic E-state index is -1.17. The van der Waals surface area contributed by atoms with Crippen LogP contribution in [-0.2, 0) is 32.0 Å². The van der Waals surface area contributed by atoms with Crippen molar-refractivity contribution in [3.63, 3.8) is 0 Å². The number of nitrogens with one attached hydrogen (secondary N) is 2. The maximum atomic E-state index is 13.3. The van der Waals surface area contributed by atoms with Gasteiger partial charge < -0.3 is 30.9 Å². The SMILES string of the molecule is COc1ccc(C[C@H](NC(=O)[C@@H](N)CO)C(=O)N[C@@H](Cc2ccccc2)C(=O)[C@@]2(C)CO2)cc1. The molecule has 2 aromatic rings. The fraction of sp³-hybridized carbons (Fsp3) is 0.400. The fourth-order valence-electron chi connectivity index (χ4n) is 3.52. The van der Waals surface area contributed by atoms with Gasteiger partial charge in [-0.05, 0) is 36.6 Å². The second kappa shape index (κ2) is 11.2. The summed E-state index contributed by atoms with van der Waals surface area (Å²) in [5, 5.41) is 14.6. The van der Waals surface area contributed by atoms with Gasteiger partial charge in [0.15, 0.2) is 5.78 Å². The molecule has 34 heavy (non-hydrogen) atoms. The van der Waals surface area contributed by atoms with E-state index in [4.69, 9.17) is 15.2 Å². The van der Waals surface area contributed by atoms with Crippen molar-refractivity contribution in [2.45, 2.75) is 43.5 Å². The van der Waals surface area contributed by atoms with Gasteiger partial charge in [0.05, 0.1) is 26.4 Å². The summed E-state index contributed by atoms with van der Waals surface area (Å²) in [6.45, 7) is 1.42. The molecule has 182 valence electrons. The number of ketones is 1. The Balaban J connectivity index is 1.80. The van der Waals surface area contributed by atoms with Gasteiger partial charge in [0.1, 0.15) is 23.4 Å². The van der Waals surface area contributed by atoms with Gasteiger partial charge in [0, 0.05) is 6.42 Å². The molecule has 0 bridgehead atoms. The summed E-state index contributed by atoms with van der Waals surface area (Å²) in [4.78, 5) is 38.8. The number of amides is 2. The van der Waals surface area contributed by atoms with Crippen LogP contribution in [0.2, 0.25) is 0 Å². The van der Waals surface area contributed by atoms with Gasteiger partial charge in [-0.2, -0.15) is 0 Å². The van der Waals surface area contributed by atoms with Crippen molar-refractivity contribution in [3.05, 3.63) is 65.7 Å². The highest BCUT2D eigenvalue weighted by molar-refractivity contribution is 5.98. The number of rotatable bonds is 12. The Kier molecular flexibility index (Phi) is 8.38. The average molecular weight is 470 g/mol. The number of Topliss-reactive ketones (excluding diaryl/α,β-unsaturated/α-hetero) is 1. The van der Waals surface area contributed by atoms with E-state index in [9.17, 15) is 19.5 Å². The summed E-state index contributed by atoms with van der Waals surface area (Å²) in [5.41, 5.74) is 6.35. The summed E-state index contributed by atoms with van der Waals surface area (Å²) in [6.07, 6.45) is 0.434. The zero-order valence-electron chi connectivity index (χ0n) is 19.3. The molecule has 1 aliphatic heterocycles. The highest BCUT2D eigenvalue weighted by atomic mass is 16.6. The van der Waals surface area contributed by atoms with Crippen molar-refractivity contribution in [1.82, 2.24) is 10.6 Å². The first-order valence-electron chi connectivity index (χ1n) is 11.1. The minimum Gasteiger partial charge on any atom is -0.497 e. The van der Waals surface area contributed by atoms with Crippen LogP contribution >= 0.6 is 0 Å².